The summed E-state index contributed by atoms with van der Waals surface area (Å²) in [6.45, 7) is 3.52. The number of phenols is 1. The number of ether oxygens (including phenoxy) is 1. The highest BCUT2D eigenvalue weighted by molar-refractivity contribution is 7.91. The van der Waals surface area contributed by atoms with Crippen molar-refractivity contribution in [3.8, 4) is 17.6 Å². The minimum atomic E-state index is -3.64. The molecule has 0 aliphatic heterocycles. The molecular weight excluding hydrogens is 404 g/mol. The third-order valence-electron chi connectivity index (χ3n) is 3.34. The number of aromatic nitrogens is 2. The van der Waals surface area contributed by atoms with E-state index in [1.165, 1.54) is 31.4 Å². The van der Waals surface area contributed by atoms with Crippen LogP contribution in [0.25, 0.3) is 6.08 Å². The number of hydrogen-bond acceptors (Lipinski definition) is 9. The summed E-state index contributed by atoms with van der Waals surface area (Å²) in [6.07, 6.45) is 1.30. The molecule has 2 N–H and O–H groups in total. The number of anilines is 1. The Hall–Kier alpha value is -2.97. The summed E-state index contributed by atoms with van der Waals surface area (Å²) in [7, 11) is -2.27. The Morgan fingerprint density at radius 3 is 2.79 bits per heavy atom. The topological polar surface area (TPSA) is 142 Å². The first-order valence-corrected chi connectivity index (χ1v) is 10.5. The second-order valence-electron chi connectivity index (χ2n) is 6.11. The molecule has 1 heterocycles. The molecule has 0 saturated carbocycles. The number of nitriles is 1. The van der Waals surface area contributed by atoms with Crippen LogP contribution in [0, 0.1) is 17.2 Å². The van der Waals surface area contributed by atoms with Crippen LogP contribution in [0.3, 0.4) is 0 Å². The van der Waals surface area contributed by atoms with E-state index in [0.717, 1.165) is 0 Å². The lowest BCUT2D eigenvalue weighted by molar-refractivity contribution is -0.112. The molecule has 0 fully saturated rings. The fraction of sp³-hybridized carbons (Fsp3) is 0.294. The summed E-state index contributed by atoms with van der Waals surface area (Å²) in [5.41, 5.74) is 0.216. The molecule has 0 saturated heterocycles. The van der Waals surface area contributed by atoms with E-state index < -0.39 is 15.7 Å². The molecule has 0 atom stereocenters. The first-order chi connectivity index (χ1) is 13.2. The summed E-state index contributed by atoms with van der Waals surface area (Å²) in [6, 6.07) is 6.10. The van der Waals surface area contributed by atoms with Gasteiger partial charge in [0, 0.05) is 11.5 Å². The maximum atomic E-state index is 12.3. The van der Waals surface area contributed by atoms with Gasteiger partial charge in [-0.3, -0.25) is 10.1 Å². The average Bonchev–Trinajstić information content (AvgIpc) is 3.09. The fourth-order valence-corrected chi connectivity index (χ4v) is 4.52. The quantitative estimate of drug-likeness (QED) is 0.511. The summed E-state index contributed by atoms with van der Waals surface area (Å²) in [4.78, 5) is 16.1. The lowest BCUT2D eigenvalue weighted by Gasteiger charge is -2.04. The number of aromatic hydroxyl groups is 1. The maximum Gasteiger partial charge on any atom is 0.268 e. The van der Waals surface area contributed by atoms with Crippen molar-refractivity contribution in [1.29, 1.82) is 5.26 Å². The van der Waals surface area contributed by atoms with Gasteiger partial charge in [-0.2, -0.15) is 14.6 Å². The Kier molecular flexibility index (Phi) is 6.71. The molecule has 0 aliphatic rings. The van der Waals surface area contributed by atoms with Gasteiger partial charge in [-0.15, -0.1) is 0 Å². The highest BCUT2D eigenvalue weighted by atomic mass is 32.2. The van der Waals surface area contributed by atoms with Crippen molar-refractivity contribution in [1.82, 2.24) is 9.36 Å². The molecule has 2 aromatic rings. The van der Waals surface area contributed by atoms with Gasteiger partial charge >= 0.3 is 0 Å². The van der Waals surface area contributed by atoms with Crippen molar-refractivity contribution >= 4 is 38.5 Å². The number of sulfone groups is 1. The summed E-state index contributed by atoms with van der Waals surface area (Å²) in [5, 5.41) is 20.8. The number of carbonyl (C=O) groups is 1. The number of phenolic OH excluding ortho intramolecular Hbond substituents is 1. The van der Waals surface area contributed by atoms with Crippen LogP contribution in [0.15, 0.2) is 28.9 Å². The molecule has 2 rings (SSSR count). The lowest BCUT2D eigenvalue weighted by atomic mass is 10.1. The molecular formula is C17H18N4O5S2. The van der Waals surface area contributed by atoms with E-state index >= 15 is 0 Å². The predicted molar refractivity (Wildman–Crippen MR) is 104 cm³/mol. The van der Waals surface area contributed by atoms with E-state index in [0.29, 0.717) is 17.1 Å². The van der Waals surface area contributed by atoms with Crippen molar-refractivity contribution in [3.05, 3.63) is 29.3 Å². The van der Waals surface area contributed by atoms with Crippen molar-refractivity contribution in [2.45, 2.75) is 19.0 Å². The standard InChI is InChI=1S/C17H18N4O5S2/c1-10(2)9-28(24,25)17-20-16(27-21-17)19-15(23)12(8-18)6-11-4-5-13(22)14(7-11)26-3/h4-7,10,22H,9H2,1-3H3,(H,19,20,21,23). The molecule has 0 bridgehead atoms. The lowest BCUT2D eigenvalue weighted by Crippen LogP contribution is -2.15. The molecule has 1 aromatic carbocycles. The van der Waals surface area contributed by atoms with Gasteiger partial charge in [0.2, 0.25) is 15.0 Å². The van der Waals surface area contributed by atoms with Gasteiger partial charge in [-0.25, -0.2) is 8.42 Å². The monoisotopic (exact) mass is 422 g/mol. The van der Waals surface area contributed by atoms with Crippen molar-refractivity contribution in [2.75, 3.05) is 18.2 Å². The first-order valence-electron chi connectivity index (χ1n) is 8.03. The largest absolute Gasteiger partial charge is 0.504 e. The smallest absolute Gasteiger partial charge is 0.268 e. The Balaban J connectivity index is 2.20. The number of nitrogens with zero attached hydrogens (tertiary/aromatic N) is 3. The van der Waals surface area contributed by atoms with Crippen LogP contribution in [0.1, 0.15) is 19.4 Å². The Morgan fingerprint density at radius 1 is 1.46 bits per heavy atom. The third kappa shape index (κ3) is 5.28. The minimum absolute atomic E-state index is 0.0308. The van der Waals surface area contributed by atoms with Crippen LogP contribution in [0.4, 0.5) is 5.13 Å². The Labute approximate surface area is 166 Å². The normalized spacial score (nSPS) is 11.9. The molecule has 28 heavy (non-hydrogen) atoms. The number of benzene rings is 1. The predicted octanol–water partition coefficient (Wildman–Crippen LogP) is 2.23. The molecule has 0 radical (unpaired) electrons. The van der Waals surface area contributed by atoms with E-state index in [2.05, 4.69) is 14.7 Å². The fourth-order valence-electron chi connectivity index (χ4n) is 2.16. The van der Waals surface area contributed by atoms with Crippen LogP contribution in [0.5, 0.6) is 11.5 Å². The molecule has 0 unspecified atom stereocenters. The zero-order chi connectivity index (χ0) is 20.9. The van der Waals surface area contributed by atoms with Crippen molar-refractivity contribution in [2.24, 2.45) is 5.92 Å². The summed E-state index contributed by atoms with van der Waals surface area (Å²) < 4.78 is 33.0. The zero-order valence-electron chi connectivity index (χ0n) is 15.3. The van der Waals surface area contributed by atoms with Gasteiger partial charge in [0.15, 0.2) is 11.5 Å². The van der Waals surface area contributed by atoms with Crippen LogP contribution in [-0.2, 0) is 14.6 Å². The van der Waals surface area contributed by atoms with E-state index in [9.17, 15) is 23.6 Å². The molecule has 1 amide bonds. The van der Waals surface area contributed by atoms with Gasteiger partial charge in [0.1, 0.15) is 11.6 Å². The number of rotatable bonds is 7. The van der Waals surface area contributed by atoms with E-state index in [-0.39, 0.29) is 39.0 Å². The van der Waals surface area contributed by atoms with Gasteiger partial charge in [-0.1, -0.05) is 19.9 Å². The first kappa shape index (κ1) is 21.3. The molecule has 11 heteroatoms. The second-order valence-corrected chi connectivity index (χ2v) is 8.79. The number of hydrogen-bond donors (Lipinski definition) is 2. The third-order valence-corrected chi connectivity index (χ3v) is 5.93. The van der Waals surface area contributed by atoms with Gasteiger partial charge in [0.25, 0.3) is 11.1 Å². The molecule has 1 aromatic heterocycles. The Bertz CT molecular complexity index is 1050. The maximum absolute atomic E-state index is 12.3. The molecule has 0 aliphatic carbocycles. The SMILES string of the molecule is COc1cc(C=C(C#N)C(=O)Nc2nc(S(=O)(=O)CC(C)C)ns2)ccc1O. The van der Waals surface area contributed by atoms with E-state index in [4.69, 9.17) is 4.74 Å². The Morgan fingerprint density at radius 2 is 2.18 bits per heavy atom. The zero-order valence-corrected chi connectivity index (χ0v) is 17.0. The van der Waals surface area contributed by atoms with Crippen LogP contribution in [-0.4, -0.2) is 41.7 Å². The van der Waals surface area contributed by atoms with Gasteiger partial charge < -0.3 is 9.84 Å². The second kappa shape index (κ2) is 8.81. The molecule has 9 nitrogen and oxygen atoms in total. The van der Waals surface area contributed by atoms with Crippen LogP contribution >= 0.6 is 11.5 Å². The molecule has 0 spiro atoms. The van der Waals surface area contributed by atoms with Crippen LogP contribution in [0.2, 0.25) is 0 Å². The number of nitrogens with one attached hydrogen (secondary N) is 1. The number of carbonyl (C=O) groups excluding carboxylic acids is 1. The number of methoxy groups -OCH3 is 1. The van der Waals surface area contributed by atoms with Gasteiger partial charge in [-0.05, 0) is 29.7 Å². The van der Waals surface area contributed by atoms with Gasteiger partial charge in [0.05, 0.1) is 12.9 Å². The highest BCUT2D eigenvalue weighted by Gasteiger charge is 2.23. The van der Waals surface area contributed by atoms with Crippen LogP contribution < -0.4 is 10.1 Å². The van der Waals surface area contributed by atoms with Crippen molar-refractivity contribution < 1.29 is 23.1 Å². The average molecular weight is 422 g/mol. The van der Waals surface area contributed by atoms with E-state index in [1.807, 2.05) is 0 Å². The minimum Gasteiger partial charge on any atom is -0.504 e. The van der Waals surface area contributed by atoms with E-state index in [1.54, 1.807) is 19.9 Å². The summed E-state index contributed by atoms with van der Waals surface area (Å²) >= 11 is 0.712. The summed E-state index contributed by atoms with van der Waals surface area (Å²) in [5.74, 6) is -0.856. The van der Waals surface area contributed by atoms with Crippen molar-refractivity contribution in [3.63, 3.8) is 0 Å². The highest BCUT2D eigenvalue weighted by Crippen LogP contribution is 2.27. The molecule has 148 valence electrons. The number of amides is 1.